The number of halogens is 1. The summed E-state index contributed by atoms with van der Waals surface area (Å²) in [5.74, 6) is -1.32. The number of carbonyl (C=O) groups excluding carboxylic acids is 2. The number of aliphatic carboxylic acids is 1. The Hall–Kier alpha value is -3.19. The number of hydrogen-bond acceptors (Lipinski definition) is 4. The molecule has 2 N–H and O–H groups in total. The molecule has 1 saturated carbocycles. The fourth-order valence-corrected chi connectivity index (χ4v) is 4.30. The number of aromatic nitrogens is 2. The normalized spacial score (nSPS) is 18.6. The molecule has 1 aliphatic carbocycles. The first kappa shape index (κ1) is 21.1. The van der Waals surface area contributed by atoms with Gasteiger partial charge in [-0.1, -0.05) is 35.9 Å². The molecule has 4 rings (SSSR count). The number of carboxylic acids is 1. The molecule has 0 radical (unpaired) electrons. The first-order valence-corrected chi connectivity index (χ1v) is 10.6. The summed E-state index contributed by atoms with van der Waals surface area (Å²) in [5.41, 5.74) is 2.65. The maximum Gasteiger partial charge on any atom is 0.306 e. The van der Waals surface area contributed by atoms with E-state index < -0.39 is 5.97 Å². The number of benzene rings is 2. The molecule has 0 bridgehead atoms. The van der Waals surface area contributed by atoms with E-state index in [-0.39, 0.29) is 17.9 Å². The minimum Gasteiger partial charge on any atom is -0.481 e. The highest BCUT2D eigenvalue weighted by molar-refractivity contribution is 6.36. The van der Waals surface area contributed by atoms with Crippen LogP contribution >= 0.6 is 11.6 Å². The predicted octanol–water partition coefficient (Wildman–Crippen LogP) is 3.92. The van der Waals surface area contributed by atoms with E-state index in [1.54, 1.807) is 35.1 Å². The molecule has 7 nitrogen and oxygen atoms in total. The van der Waals surface area contributed by atoms with E-state index in [1.165, 1.54) is 0 Å². The quantitative estimate of drug-likeness (QED) is 0.567. The molecule has 0 saturated heterocycles. The molecule has 1 aromatic heterocycles. The molecule has 160 valence electrons. The van der Waals surface area contributed by atoms with Crippen molar-refractivity contribution in [2.45, 2.75) is 38.3 Å². The van der Waals surface area contributed by atoms with Crippen molar-refractivity contribution in [1.29, 1.82) is 0 Å². The molecule has 0 atom stereocenters. The second kappa shape index (κ2) is 8.89. The molecule has 3 aromatic rings. The van der Waals surface area contributed by atoms with Crippen molar-refractivity contribution in [2.24, 2.45) is 5.92 Å². The Labute approximate surface area is 184 Å². The number of nitrogens with one attached hydrogen (secondary N) is 1. The molecule has 1 aliphatic rings. The second-order valence-electron chi connectivity index (χ2n) is 7.88. The number of rotatable bonds is 6. The summed E-state index contributed by atoms with van der Waals surface area (Å²) in [5, 5.41) is 17.8. The van der Waals surface area contributed by atoms with Gasteiger partial charge in [0.05, 0.1) is 34.8 Å². The molecule has 1 heterocycles. The van der Waals surface area contributed by atoms with E-state index >= 15 is 0 Å². The highest BCUT2D eigenvalue weighted by Gasteiger charge is 2.27. The summed E-state index contributed by atoms with van der Waals surface area (Å²) in [4.78, 5) is 35.1. The van der Waals surface area contributed by atoms with E-state index in [2.05, 4.69) is 10.4 Å². The van der Waals surface area contributed by atoms with E-state index in [4.69, 9.17) is 16.7 Å². The number of fused-ring (bicyclic) bond motifs is 1. The molecule has 1 fully saturated rings. The standard InChI is InChI=1S/C23H22ClN3O4/c24-20-10-9-18(22(29)26-17-7-5-16(6-8-17)23(30)31)21-19(20)11-25-27(21)12-14-1-3-15(13-28)4-2-14/h1-4,9-11,13,16-17H,5-8,12H2,(H,26,29)(H,30,31). The van der Waals surface area contributed by atoms with Gasteiger partial charge < -0.3 is 10.4 Å². The third-order valence-electron chi connectivity index (χ3n) is 5.85. The second-order valence-corrected chi connectivity index (χ2v) is 8.29. The third-order valence-corrected chi connectivity index (χ3v) is 6.18. The van der Waals surface area contributed by atoms with Crippen LogP contribution in [0.25, 0.3) is 10.9 Å². The number of aldehydes is 1. The van der Waals surface area contributed by atoms with Gasteiger partial charge in [-0.25, -0.2) is 0 Å². The smallest absolute Gasteiger partial charge is 0.306 e. The molecule has 0 aliphatic heterocycles. The van der Waals surface area contributed by atoms with Crippen LogP contribution in [0.2, 0.25) is 5.02 Å². The highest BCUT2D eigenvalue weighted by atomic mass is 35.5. The molecule has 8 heteroatoms. The third kappa shape index (κ3) is 4.46. The lowest BCUT2D eigenvalue weighted by molar-refractivity contribution is -0.142. The van der Waals surface area contributed by atoms with Gasteiger partial charge in [-0.05, 0) is 43.4 Å². The van der Waals surface area contributed by atoms with Gasteiger partial charge in [-0.2, -0.15) is 5.10 Å². The number of hydrogen-bond donors (Lipinski definition) is 2. The van der Waals surface area contributed by atoms with Crippen LogP contribution in [0.4, 0.5) is 0 Å². The molecule has 0 unspecified atom stereocenters. The maximum atomic E-state index is 13.1. The van der Waals surface area contributed by atoms with Crippen LogP contribution in [0.15, 0.2) is 42.6 Å². The van der Waals surface area contributed by atoms with Crippen LogP contribution < -0.4 is 5.32 Å². The van der Waals surface area contributed by atoms with Crippen molar-refractivity contribution in [3.63, 3.8) is 0 Å². The Morgan fingerprint density at radius 1 is 1.13 bits per heavy atom. The summed E-state index contributed by atoms with van der Waals surface area (Å²) >= 11 is 6.35. The first-order chi connectivity index (χ1) is 15.0. The Balaban J connectivity index is 1.58. The summed E-state index contributed by atoms with van der Waals surface area (Å²) in [7, 11) is 0. The lowest BCUT2D eigenvalue weighted by Crippen LogP contribution is -2.38. The van der Waals surface area contributed by atoms with Crippen molar-refractivity contribution in [1.82, 2.24) is 15.1 Å². The average molecular weight is 440 g/mol. The zero-order valence-corrected chi connectivity index (χ0v) is 17.5. The van der Waals surface area contributed by atoms with Crippen LogP contribution in [0.5, 0.6) is 0 Å². The van der Waals surface area contributed by atoms with Gasteiger partial charge in [-0.3, -0.25) is 19.1 Å². The SMILES string of the molecule is O=Cc1ccc(Cn2ncc3c(Cl)ccc(C(=O)NC4CCC(C(=O)O)CC4)c32)cc1. The van der Waals surface area contributed by atoms with Crippen molar-refractivity contribution in [3.8, 4) is 0 Å². The number of amides is 1. The fraction of sp³-hybridized carbons (Fsp3) is 0.304. The van der Waals surface area contributed by atoms with Crippen LogP contribution in [-0.2, 0) is 11.3 Å². The zero-order chi connectivity index (χ0) is 22.0. The number of carbonyl (C=O) groups is 3. The Morgan fingerprint density at radius 2 is 1.84 bits per heavy atom. The van der Waals surface area contributed by atoms with Crippen LogP contribution in [0.3, 0.4) is 0 Å². The summed E-state index contributed by atoms with van der Waals surface area (Å²) in [6.07, 6.45) is 4.84. The molecule has 2 aromatic carbocycles. The van der Waals surface area contributed by atoms with Crippen LogP contribution in [0, 0.1) is 5.92 Å². The minimum atomic E-state index is -0.769. The summed E-state index contributed by atoms with van der Waals surface area (Å²) < 4.78 is 1.73. The summed E-state index contributed by atoms with van der Waals surface area (Å²) in [6, 6.07) is 10.5. The predicted molar refractivity (Wildman–Crippen MR) is 117 cm³/mol. The van der Waals surface area contributed by atoms with E-state index in [9.17, 15) is 14.4 Å². The lowest BCUT2D eigenvalue weighted by atomic mass is 9.86. The average Bonchev–Trinajstić information content (AvgIpc) is 3.19. The van der Waals surface area contributed by atoms with Crippen molar-refractivity contribution >= 4 is 40.7 Å². The maximum absolute atomic E-state index is 13.1. The van der Waals surface area contributed by atoms with Crippen molar-refractivity contribution < 1.29 is 19.5 Å². The number of nitrogens with zero attached hydrogens (tertiary/aromatic N) is 2. The van der Waals surface area contributed by atoms with Gasteiger partial charge in [0.1, 0.15) is 6.29 Å². The zero-order valence-electron chi connectivity index (χ0n) is 16.8. The molecular formula is C23H22ClN3O4. The van der Waals surface area contributed by atoms with E-state index in [0.29, 0.717) is 59.3 Å². The summed E-state index contributed by atoms with van der Waals surface area (Å²) in [6.45, 7) is 0.424. The monoisotopic (exact) mass is 439 g/mol. The fourth-order valence-electron chi connectivity index (χ4n) is 4.09. The van der Waals surface area contributed by atoms with Gasteiger partial charge in [-0.15, -0.1) is 0 Å². The highest BCUT2D eigenvalue weighted by Crippen LogP contribution is 2.29. The van der Waals surface area contributed by atoms with Gasteiger partial charge >= 0.3 is 5.97 Å². The Bertz CT molecular complexity index is 1130. The van der Waals surface area contributed by atoms with Crippen LogP contribution in [-0.4, -0.2) is 39.1 Å². The van der Waals surface area contributed by atoms with E-state index in [1.807, 2.05) is 12.1 Å². The Kier molecular flexibility index (Phi) is 6.04. The van der Waals surface area contributed by atoms with Gasteiger partial charge in [0.2, 0.25) is 0 Å². The minimum absolute atomic E-state index is 0.0546. The van der Waals surface area contributed by atoms with Gasteiger partial charge in [0, 0.05) is 17.0 Å². The lowest BCUT2D eigenvalue weighted by Gasteiger charge is -2.27. The first-order valence-electron chi connectivity index (χ1n) is 10.2. The number of carboxylic acid groups (broad SMARTS) is 1. The molecule has 1 amide bonds. The van der Waals surface area contributed by atoms with Gasteiger partial charge in [0.25, 0.3) is 5.91 Å². The molecule has 0 spiro atoms. The largest absolute Gasteiger partial charge is 0.481 e. The van der Waals surface area contributed by atoms with Crippen molar-refractivity contribution in [3.05, 3.63) is 64.3 Å². The molecule has 31 heavy (non-hydrogen) atoms. The van der Waals surface area contributed by atoms with E-state index in [0.717, 1.165) is 11.8 Å². The topological polar surface area (TPSA) is 101 Å². The van der Waals surface area contributed by atoms with Crippen molar-refractivity contribution in [2.75, 3.05) is 0 Å². The Morgan fingerprint density at radius 3 is 2.48 bits per heavy atom. The van der Waals surface area contributed by atoms with Crippen LogP contribution in [0.1, 0.15) is 52.0 Å². The van der Waals surface area contributed by atoms with Gasteiger partial charge in [0.15, 0.2) is 0 Å². The molecular weight excluding hydrogens is 418 g/mol.